The van der Waals surface area contributed by atoms with Gasteiger partial charge < -0.3 is 0 Å². The molecule has 0 amide bonds. The third-order valence-electron chi connectivity index (χ3n) is 4.10. The second-order valence-electron chi connectivity index (χ2n) is 6.44. The van der Waals surface area contributed by atoms with Crippen molar-refractivity contribution >= 4 is 30.4 Å². The van der Waals surface area contributed by atoms with Crippen LogP contribution in [0.15, 0.2) is 54.7 Å². The molecule has 4 nitrogen and oxygen atoms in total. The van der Waals surface area contributed by atoms with Gasteiger partial charge in [0.05, 0.1) is 0 Å². The average Bonchev–Trinajstić information content (AvgIpc) is 2.62. The molecule has 0 radical (unpaired) electrons. The Hall–Kier alpha value is -2.79. The van der Waals surface area contributed by atoms with E-state index in [-0.39, 0.29) is 5.75 Å². The number of pyridine rings is 1. The number of carboxylic acid groups (broad SMARTS) is 1. The topological polar surface area (TPSA) is 59.4 Å². The molecule has 0 spiro atoms. The van der Waals surface area contributed by atoms with Crippen LogP contribution in [0.25, 0.3) is 11.3 Å². The first-order chi connectivity index (χ1) is 13.6. The second-order valence-corrected chi connectivity index (χ2v) is 9.31. The van der Waals surface area contributed by atoms with Crippen LogP contribution in [0.1, 0.15) is 21.5 Å². The maximum absolute atomic E-state index is 12.5. The fourth-order valence-corrected chi connectivity index (χ4v) is 5.42. The van der Waals surface area contributed by atoms with Gasteiger partial charge >= 0.3 is 172 Å². The van der Waals surface area contributed by atoms with Gasteiger partial charge in [0, 0.05) is 0 Å². The molecule has 1 unspecified atom stereocenters. The van der Waals surface area contributed by atoms with Gasteiger partial charge in [-0.25, -0.2) is 0 Å². The molecule has 29 heavy (non-hydrogen) atoms. The van der Waals surface area contributed by atoms with Crippen molar-refractivity contribution in [3.63, 3.8) is 0 Å². The Balaban J connectivity index is 1.89. The van der Waals surface area contributed by atoms with Gasteiger partial charge in [0.1, 0.15) is 0 Å². The number of hydrogen-bond donors (Lipinski definition) is 1. The summed E-state index contributed by atoms with van der Waals surface area (Å²) in [6.07, 6.45) is -3.10. The average molecular weight is 463 g/mol. The molecule has 8 heteroatoms. The van der Waals surface area contributed by atoms with E-state index in [0.717, 1.165) is 19.8 Å². The van der Waals surface area contributed by atoms with Gasteiger partial charge in [-0.3, -0.25) is 0 Å². The van der Waals surface area contributed by atoms with E-state index in [9.17, 15) is 23.1 Å². The van der Waals surface area contributed by atoms with Gasteiger partial charge in [0.25, 0.3) is 0 Å². The van der Waals surface area contributed by atoms with E-state index >= 15 is 0 Å². The van der Waals surface area contributed by atoms with Gasteiger partial charge in [-0.05, 0) is 0 Å². The number of hydrogen-bond acceptors (Lipinski definition) is 3. The molecule has 3 aromatic rings. The zero-order valence-electron chi connectivity index (χ0n) is 15.5. The number of alkyl halides is 3. The summed E-state index contributed by atoms with van der Waals surface area (Å²) in [4.78, 5) is 15.9. The Morgan fingerprint density at radius 1 is 1.10 bits per heavy atom. The zero-order chi connectivity index (χ0) is 21.2. The molecule has 1 N–H and O–H groups in total. The molecule has 0 fully saturated rings. The first kappa shape index (κ1) is 20.9. The molecule has 0 aliphatic heterocycles. The third kappa shape index (κ3) is 5.39. The van der Waals surface area contributed by atoms with E-state index in [1.165, 1.54) is 18.2 Å². The van der Waals surface area contributed by atoms with Gasteiger partial charge in [-0.15, -0.1) is 0 Å². The predicted molar refractivity (Wildman–Crippen MR) is 106 cm³/mol. The fourth-order valence-electron chi connectivity index (χ4n) is 2.89. The number of aromatic carboxylic acids is 1. The number of ether oxygens (including phenoxy) is 1. The molecule has 150 valence electrons. The molecule has 3 rings (SSSR count). The van der Waals surface area contributed by atoms with Crippen molar-refractivity contribution in [2.45, 2.75) is 20.2 Å². The number of benzene rings is 2. The van der Waals surface area contributed by atoms with E-state index < -0.39 is 28.1 Å². The minimum atomic E-state index is -4.76. The molecule has 1 heterocycles. The summed E-state index contributed by atoms with van der Waals surface area (Å²) in [5.74, 6) is -1.27. The second kappa shape index (κ2) is 8.29. The molecule has 0 saturated heterocycles. The minimum absolute atomic E-state index is 0.295. The fraction of sp³-hybridized carbons (Fsp3) is 0.143. The molecule has 0 bridgehead atoms. The quantitative estimate of drug-likeness (QED) is 0.590. The van der Waals surface area contributed by atoms with Crippen molar-refractivity contribution in [3.8, 4) is 17.0 Å². The zero-order valence-corrected chi connectivity index (χ0v) is 17.6. The summed E-state index contributed by atoms with van der Waals surface area (Å²) in [5.41, 5.74) is 3.03. The molecule has 0 saturated carbocycles. The van der Waals surface area contributed by atoms with E-state index in [0.29, 0.717) is 16.8 Å². The number of carbonyl (C=O) groups is 1. The number of aryl methyl sites for hydroxylation is 2. The molecule has 2 aromatic carbocycles. The summed E-state index contributed by atoms with van der Waals surface area (Å²) in [6.45, 7) is 3.66. The summed E-state index contributed by atoms with van der Waals surface area (Å²) in [5, 5.41) is 9.43. The van der Waals surface area contributed by atoms with Gasteiger partial charge in [0.2, 0.25) is 0 Å². The van der Waals surface area contributed by atoms with E-state index in [1.54, 1.807) is 18.3 Å². The molecule has 0 aliphatic carbocycles. The van der Waals surface area contributed by atoms with Crippen molar-refractivity contribution in [3.05, 3.63) is 71.4 Å². The number of rotatable bonds is 5. The van der Waals surface area contributed by atoms with Crippen LogP contribution in [-0.4, -0.2) is 38.2 Å². The standard InChI is InChI=1S/C21H17AsF3NO3/c1-12-6-7-18(17(8-12)20(27)28)22-15-9-13(2)19(26-11-15)14-4-3-5-16(10-14)29-21(23,24)25/h3-11,22H,1-2H3,(H,27,28). The van der Waals surface area contributed by atoms with Gasteiger partial charge in [0.15, 0.2) is 0 Å². The predicted octanol–water partition coefficient (Wildman–Crippen LogP) is 3.35. The summed E-state index contributed by atoms with van der Waals surface area (Å²) in [7, 11) is 0. The van der Waals surface area contributed by atoms with Crippen LogP contribution in [0.5, 0.6) is 5.75 Å². The Morgan fingerprint density at radius 2 is 1.86 bits per heavy atom. The van der Waals surface area contributed by atoms with Crippen LogP contribution in [0.3, 0.4) is 0 Å². The Morgan fingerprint density at radius 3 is 2.52 bits per heavy atom. The first-order valence-electron chi connectivity index (χ1n) is 8.56. The van der Waals surface area contributed by atoms with E-state index in [1.807, 2.05) is 32.0 Å². The third-order valence-corrected chi connectivity index (χ3v) is 6.76. The summed E-state index contributed by atoms with van der Waals surface area (Å²) < 4.78 is 43.1. The van der Waals surface area contributed by atoms with Crippen LogP contribution in [-0.2, 0) is 0 Å². The normalized spacial score (nSPS) is 11.8. The van der Waals surface area contributed by atoms with Gasteiger partial charge in [-0.2, -0.15) is 0 Å². The van der Waals surface area contributed by atoms with Crippen LogP contribution in [0.4, 0.5) is 13.2 Å². The van der Waals surface area contributed by atoms with Crippen molar-refractivity contribution in [2.24, 2.45) is 0 Å². The van der Waals surface area contributed by atoms with Crippen molar-refractivity contribution in [1.29, 1.82) is 0 Å². The van der Waals surface area contributed by atoms with Crippen LogP contribution >= 0.6 is 0 Å². The van der Waals surface area contributed by atoms with E-state index in [4.69, 9.17) is 0 Å². The number of halogens is 3. The number of aromatic nitrogens is 1. The van der Waals surface area contributed by atoms with E-state index in [2.05, 4.69) is 9.72 Å². The monoisotopic (exact) mass is 463 g/mol. The Bertz CT molecular complexity index is 1070. The Kier molecular flexibility index (Phi) is 5.98. The first-order valence-corrected chi connectivity index (χ1v) is 10.7. The molecular weight excluding hydrogens is 446 g/mol. The van der Waals surface area contributed by atoms with Crippen molar-refractivity contribution in [1.82, 2.24) is 4.98 Å². The summed E-state index contributed by atoms with van der Waals surface area (Å²) in [6, 6.07) is 12.9. The number of nitrogens with zero attached hydrogens (tertiary/aromatic N) is 1. The maximum atomic E-state index is 12.5. The van der Waals surface area contributed by atoms with Crippen LogP contribution in [0.2, 0.25) is 0 Å². The number of carboxylic acids is 1. The molecule has 1 aromatic heterocycles. The van der Waals surface area contributed by atoms with Gasteiger partial charge in [-0.1, -0.05) is 0 Å². The molecule has 1 atom stereocenters. The van der Waals surface area contributed by atoms with Crippen molar-refractivity contribution in [2.75, 3.05) is 0 Å². The Labute approximate surface area is 172 Å². The van der Waals surface area contributed by atoms with Crippen molar-refractivity contribution < 1.29 is 27.8 Å². The van der Waals surface area contributed by atoms with Crippen LogP contribution < -0.4 is 13.4 Å². The molecule has 0 aliphatic rings. The van der Waals surface area contributed by atoms with Crippen LogP contribution in [0, 0.1) is 13.8 Å². The summed E-state index contributed by atoms with van der Waals surface area (Å²) >= 11 is -0.940. The molecular formula is C21H17AsF3NO3. The SMILES string of the molecule is Cc1ccc([AsH]c2cnc(-c3cccc(OC(F)(F)F)c3)c(C)c2)c(C(=O)O)c1.